The molecule has 1 saturated heterocycles. The monoisotopic (exact) mass is 369 g/mol. The molecule has 1 aromatic heterocycles. The van der Waals surface area contributed by atoms with E-state index in [0.29, 0.717) is 24.4 Å². The van der Waals surface area contributed by atoms with Crippen LogP contribution in [0, 0.1) is 16.0 Å². The van der Waals surface area contributed by atoms with Crippen LogP contribution in [0.15, 0.2) is 48.8 Å². The number of rotatable bonds is 6. The Morgan fingerprint density at radius 3 is 2.74 bits per heavy atom. The second-order valence-electron chi connectivity index (χ2n) is 7.32. The Kier molecular flexibility index (Phi) is 5.15. The molecule has 1 aromatic carbocycles. The molecule has 7 heteroatoms. The van der Waals surface area contributed by atoms with E-state index < -0.39 is 17.1 Å². The smallest absolute Gasteiger partial charge is 0.293 e. The normalized spacial score (nSPS) is 28.0. The molecule has 2 aromatic rings. The van der Waals surface area contributed by atoms with Gasteiger partial charge in [-0.05, 0) is 36.8 Å². The molecule has 0 unspecified atom stereocenters. The molecule has 0 amide bonds. The molecule has 4 rings (SSSR count). The van der Waals surface area contributed by atoms with Crippen LogP contribution < -0.4 is 5.32 Å². The summed E-state index contributed by atoms with van der Waals surface area (Å²) in [5.74, 6) is 0.324. The number of hydrogen-bond acceptors (Lipinski definition) is 6. The zero-order valence-electron chi connectivity index (χ0n) is 14.9. The van der Waals surface area contributed by atoms with Crippen LogP contribution in [0.3, 0.4) is 0 Å². The molecule has 2 aliphatic rings. The van der Waals surface area contributed by atoms with Gasteiger partial charge in [0, 0.05) is 18.8 Å². The highest BCUT2D eigenvalue weighted by Crippen LogP contribution is 2.44. The zero-order valence-corrected chi connectivity index (χ0v) is 14.9. The van der Waals surface area contributed by atoms with Crippen molar-refractivity contribution in [2.45, 2.75) is 50.2 Å². The van der Waals surface area contributed by atoms with Crippen molar-refractivity contribution in [3.8, 4) is 0 Å². The molecular weight excluding hydrogens is 346 g/mol. The lowest BCUT2D eigenvalue weighted by atomic mass is 9.89. The molecular formula is C20H23N3O4. The summed E-state index contributed by atoms with van der Waals surface area (Å²) in [6, 6.07) is 11.4. The van der Waals surface area contributed by atoms with Crippen molar-refractivity contribution in [2.75, 3.05) is 0 Å². The fourth-order valence-electron chi connectivity index (χ4n) is 3.81. The predicted molar refractivity (Wildman–Crippen MR) is 98.9 cm³/mol. The molecule has 1 aliphatic carbocycles. The molecule has 142 valence electrons. The molecule has 0 radical (unpaired) electrons. The van der Waals surface area contributed by atoms with Gasteiger partial charge < -0.3 is 15.2 Å². The second-order valence-corrected chi connectivity index (χ2v) is 7.32. The SMILES string of the molecule is O=[N+]([O-])c1cnccc1[C@@H]1C[C@H](NCc2ccccc2)[C@H](O)[C@H](C2CC2)O1. The highest BCUT2D eigenvalue weighted by Gasteiger charge is 2.46. The lowest BCUT2D eigenvalue weighted by Crippen LogP contribution is -2.52. The quantitative estimate of drug-likeness (QED) is 0.600. The number of pyridine rings is 1. The number of ether oxygens (including phenoxy) is 1. The van der Waals surface area contributed by atoms with Crippen molar-refractivity contribution >= 4 is 5.69 Å². The Bertz CT molecular complexity index is 797. The van der Waals surface area contributed by atoms with Crippen molar-refractivity contribution < 1.29 is 14.8 Å². The largest absolute Gasteiger partial charge is 0.389 e. The van der Waals surface area contributed by atoms with Gasteiger partial charge in [0.1, 0.15) is 6.20 Å². The van der Waals surface area contributed by atoms with Gasteiger partial charge in [-0.2, -0.15) is 0 Å². The molecule has 0 bridgehead atoms. The first-order valence-corrected chi connectivity index (χ1v) is 9.32. The fourth-order valence-corrected chi connectivity index (χ4v) is 3.81. The Hall–Kier alpha value is -2.35. The first-order valence-electron chi connectivity index (χ1n) is 9.32. The molecule has 0 spiro atoms. The van der Waals surface area contributed by atoms with Gasteiger partial charge in [0.05, 0.1) is 28.8 Å². The van der Waals surface area contributed by atoms with Gasteiger partial charge in [0.25, 0.3) is 5.69 Å². The minimum Gasteiger partial charge on any atom is -0.389 e. The summed E-state index contributed by atoms with van der Waals surface area (Å²) in [6.45, 7) is 0.630. The van der Waals surface area contributed by atoms with Gasteiger partial charge in [0.2, 0.25) is 0 Å². The summed E-state index contributed by atoms with van der Waals surface area (Å²) in [6.07, 6.45) is 3.98. The Balaban J connectivity index is 1.55. The van der Waals surface area contributed by atoms with Crippen LogP contribution in [0.1, 0.15) is 36.5 Å². The van der Waals surface area contributed by atoms with Gasteiger partial charge in [-0.15, -0.1) is 0 Å². The summed E-state index contributed by atoms with van der Waals surface area (Å²) in [4.78, 5) is 14.8. The van der Waals surface area contributed by atoms with Crippen molar-refractivity contribution in [2.24, 2.45) is 5.92 Å². The lowest BCUT2D eigenvalue weighted by molar-refractivity contribution is -0.386. The first-order chi connectivity index (χ1) is 13.1. The topological polar surface area (TPSA) is 97.5 Å². The molecule has 2 fully saturated rings. The average Bonchev–Trinajstić information content (AvgIpc) is 3.53. The Morgan fingerprint density at radius 1 is 1.26 bits per heavy atom. The predicted octanol–water partition coefficient (Wildman–Crippen LogP) is 2.75. The van der Waals surface area contributed by atoms with Gasteiger partial charge in [-0.3, -0.25) is 15.1 Å². The number of aliphatic hydroxyl groups excluding tert-OH is 1. The Labute approximate surface area is 157 Å². The van der Waals surface area contributed by atoms with E-state index in [1.807, 2.05) is 30.3 Å². The molecule has 1 aliphatic heterocycles. The standard InChI is InChI=1S/C20H23N3O4/c24-19-16(22-11-13-4-2-1-3-5-13)10-18(27-20(19)14-6-7-14)15-8-9-21-12-17(15)23(25)26/h1-5,8-9,12,14,16,18-20,22,24H,6-7,10-11H2/t16-,18-,19-,20-/m0/s1. The fraction of sp³-hybridized carbons (Fsp3) is 0.450. The van der Waals surface area contributed by atoms with Gasteiger partial charge in [-0.25, -0.2) is 0 Å². The molecule has 4 atom stereocenters. The van der Waals surface area contributed by atoms with E-state index in [4.69, 9.17) is 4.74 Å². The number of hydrogen-bond donors (Lipinski definition) is 2. The van der Waals surface area contributed by atoms with E-state index in [2.05, 4.69) is 10.3 Å². The summed E-state index contributed by atoms with van der Waals surface area (Å²) >= 11 is 0. The van der Waals surface area contributed by atoms with Crippen LogP contribution in [0.4, 0.5) is 5.69 Å². The number of aromatic nitrogens is 1. The molecule has 27 heavy (non-hydrogen) atoms. The van der Waals surface area contributed by atoms with Crippen molar-refractivity contribution in [1.29, 1.82) is 0 Å². The maximum absolute atomic E-state index is 11.4. The highest BCUT2D eigenvalue weighted by molar-refractivity contribution is 5.39. The lowest BCUT2D eigenvalue weighted by Gasteiger charge is -2.40. The third-order valence-corrected chi connectivity index (χ3v) is 5.41. The maximum Gasteiger partial charge on any atom is 0.293 e. The number of nitrogens with one attached hydrogen (secondary N) is 1. The summed E-state index contributed by atoms with van der Waals surface area (Å²) in [5.41, 5.74) is 1.62. The van der Waals surface area contributed by atoms with Gasteiger partial charge in [-0.1, -0.05) is 30.3 Å². The summed E-state index contributed by atoms with van der Waals surface area (Å²) in [5, 5.41) is 25.7. The van der Waals surface area contributed by atoms with Crippen LogP contribution in [0.5, 0.6) is 0 Å². The van der Waals surface area contributed by atoms with E-state index in [0.717, 1.165) is 18.4 Å². The second kappa shape index (κ2) is 7.72. The summed E-state index contributed by atoms with van der Waals surface area (Å²) in [7, 11) is 0. The highest BCUT2D eigenvalue weighted by atomic mass is 16.6. The van der Waals surface area contributed by atoms with Crippen LogP contribution in [0.25, 0.3) is 0 Å². The van der Waals surface area contributed by atoms with E-state index in [-0.39, 0.29) is 17.8 Å². The van der Waals surface area contributed by atoms with E-state index in [1.165, 1.54) is 6.20 Å². The minimum absolute atomic E-state index is 0.0322. The number of benzene rings is 1. The number of nitrogens with zero attached hydrogens (tertiary/aromatic N) is 2. The van der Waals surface area contributed by atoms with Crippen LogP contribution in [0.2, 0.25) is 0 Å². The molecule has 7 nitrogen and oxygen atoms in total. The van der Waals surface area contributed by atoms with Crippen molar-refractivity contribution in [1.82, 2.24) is 10.3 Å². The minimum atomic E-state index is -0.627. The third-order valence-electron chi connectivity index (χ3n) is 5.41. The van der Waals surface area contributed by atoms with Gasteiger partial charge in [0.15, 0.2) is 0 Å². The number of aliphatic hydroxyl groups is 1. The maximum atomic E-state index is 11.4. The summed E-state index contributed by atoms with van der Waals surface area (Å²) < 4.78 is 6.16. The third kappa shape index (κ3) is 4.00. The van der Waals surface area contributed by atoms with Crippen LogP contribution in [-0.2, 0) is 11.3 Å². The molecule has 2 N–H and O–H groups in total. The van der Waals surface area contributed by atoms with Crippen molar-refractivity contribution in [3.05, 3.63) is 70.0 Å². The number of nitro groups is 1. The Morgan fingerprint density at radius 2 is 2.04 bits per heavy atom. The van der Waals surface area contributed by atoms with E-state index >= 15 is 0 Å². The van der Waals surface area contributed by atoms with E-state index in [1.54, 1.807) is 12.3 Å². The van der Waals surface area contributed by atoms with Gasteiger partial charge >= 0.3 is 0 Å². The molecule has 2 heterocycles. The van der Waals surface area contributed by atoms with Crippen molar-refractivity contribution in [3.63, 3.8) is 0 Å². The first kappa shape index (κ1) is 18.0. The molecule has 1 saturated carbocycles. The zero-order chi connectivity index (χ0) is 18.8. The van der Waals surface area contributed by atoms with E-state index in [9.17, 15) is 15.2 Å². The van der Waals surface area contributed by atoms with Crippen LogP contribution in [-0.4, -0.2) is 33.3 Å². The van der Waals surface area contributed by atoms with Crippen LogP contribution >= 0.6 is 0 Å². The average molecular weight is 369 g/mol.